The number of ether oxygens (including phenoxy) is 1. The highest BCUT2D eigenvalue weighted by Crippen LogP contribution is 2.19. The monoisotopic (exact) mass is 348 g/mol. The van der Waals surface area contributed by atoms with E-state index >= 15 is 0 Å². The summed E-state index contributed by atoms with van der Waals surface area (Å²) in [5.41, 5.74) is 3.14. The quantitative estimate of drug-likeness (QED) is 0.624. The van der Waals surface area contributed by atoms with Crippen molar-refractivity contribution in [3.05, 3.63) is 71.9 Å². The second kappa shape index (κ2) is 8.85. The van der Waals surface area contributed by atoms with Gasteiger partial charge in [-0.15, -0.1) is 0 Å². The van der Waals surface area contributed by atoms with E-state index in [1.165, 1.54) is 5.56 Å². The molecule has 0 aliphatic rings. The molecule has 0 aliphatic carbocycles. The van der Waals surface area contributed by atoms with Crippen LogP contribution in [0.25, 0.3) is 0 Å². The first-order chi connectivity index (χ1) is 12.7. The standard InChI is InChI=1S/C21H24N4O/c1-3-26-19-11-9-18(10-12-19)24-21-23-16(2)15-20(25-21)22-14-13-17-7-5-4-6-8-17/h4-12,15H,3,13-14H2,1-2H3,(H2,22,23,24,25). The fourth-order valence-electron chi connectivity index (χ4n) is 2.62. The van der Waals surface area contributed by atoms with Gasteiger partial charge in [-0.25, -0.2) is 4.98 Å². The lowest BCUT2D eigenvalue weighted by Crippen LogP contribution is -2.08. The molecule has 26 heavy (non-hydrogen) atoms. The van der Waals surface area contributed by atoms with Crippen LogP contribution >= 0.6 is 0 Å². The van der Waals surface area contributed by atoms with Gasteiger partial charge in [0.15, 0.2) is 0 Å². The fraction of sp³-hybridized carbons (Fsp3) is 0.238. The molecule has 2 aromatic carbocycles. The Bertz CT molecular complexity index is 819. The van der Waals surface area contributed by atoms with Gasteiger partial charge >= 0.3 is 0 Å². The van der Waals surface area contributed by atoms with E-state index in [0.29, 0.717) is 12.6 Å². The second-order valence-electron chi connectivity index (χ2n) is 5.96. The van der Waals surface area contributed by atoms with E-state index in [1.54, 1.807) is 0 Å². The van der Waals surface area contributed by atoms with Crippen molar-refractivity contribution >= 4 is 17.5 Å². The van der Waals surface area contributed by atoms with E-state index < -0.39 is 0 Å². The zero-order valence-electron chi connectivity index (χ0n) is 15.2. The van der Waals surface area contributed by atoms with Gasteiger partial charge in [-0.3, -0.25) is 0 Å². The summed E-state index contributed by atoms with van der Waals surface area (Å²) in [6, 6.07) is 20.1. The molecule has 0 aliphatic heterocycles. The first-order valence-electron chi connectivity index (χ1n) is 8.86. The van der Waals surface area contributed by atoms with Crippen molar-refractivity contribution in [2.45, 2.75) is 20.3 Å². The molecule has 0 saturated carbocycles. The van der Waals surface area contributed by atoms with E-state index in [4.69, 9.17) is 4.74 Å². The van der Waals surface area contributed by atoms with Crippen molar-refractivity contribution in [2.75, 3.05) is 23.8 Å². The highest BCUT2D eigenvalue weighted by molar-refractivity contribution is 5.56. The van der Waals surface area contributed by atoms with Crippen LogP contribution in [0.5, 0.6) is 5.75 Å². The van der Waals surface area contributed by atoms with E-state index in [0.717, 1.165) is 35.9 Å². The molecular formula is C21H24N4O. The molecule has 0 radical (unpaired) electrons. The summed E-state index contributed by atoms with van der Waals surface area (Å²) in [5.74, 6) is 2.25. The van der Waals surface area contributed by atoms with Gasteiger partial charge in [0.2, 0.25) is 5.95 Å². The smallest absolute Gasteiger partial charge is 0.229 e. The number of nitrogens with zero attached hydrogens (tertiary/aromatic N) is 2. The predicted molar refractivity (Wildman–Crippen MR) is 106 cm³/mol. The molecular weight excluding hydrogens is 324 g/mol. The number of nitrogens with one attached hydrogen (secondary N) is 2. The number of hydrogen-bond acceptors (Lipinski definition) is 5. The Morgan fingerprint density at radius 2 is 1.73 bits per heavy atom. The zero-order valence-corrected chi connectivity index (χ0v) is 15.2. The lowest BCUT2D eigenvalue weighted by atomic mass is 10.1. The van der Waals surface area contributed by atoms with E-state index in [1.807, 2.05) is 50.2 Å². The van der Waals surface area contributed by atoms with Crippen molar-refractivity contribution in [3.63, 3.8) is 0 Å². The second-order valence-corrected chi connectivity index (χ2v) is 5.96. The fourth-order valence-corrected chi connectivity index (χ4v) is 2.62. The predicted octanol–water partition coefficient (Wildman–Crippen LogP) is 4.58. The minimum absolute atomic E-state index is 0.580. The molecule has 3 rings (SSSR count). The molecule has 0 amide bonds. The highest BCUT2D eigenvalue weighted by Gasteiger charge is 2.03. The molecule has 1 aromatic heterocycles. The first kappa shape index (κ1) is 17.7. The van der Waals surface area contributed by atoms with Gasteiger partial charge in [-0.2, -0.15) is 4.98 Å². The third-order valence-corrected chi connectivity index (χ3v) is 3.84. The number of hydrogen-bond donors (Lipinski definition) is 2. The molecule has 2 N–H and O–H groups in total. The van der Waals surface area contributed by atoms with Crippen LogP contribution in [0.1, 0.15) is 18.2 Å². The maximum atomic E-state index is 5.46. The molecule has 134 valence electrons. The molecule has 5 nitrogen and oxygen atoms in total. The molecule has 3 aromatic rings. The molecule has 0 fully saturated rings. The minimum Gasteiger partial charge on any atom is -0.494 e. The third kappa shape index (κ3) is 5.21. The first-order valence-corrected chi connectivity index (χ1v) is 8.86. The summed E-state index contributed by atoms with van der Waals surface area (Å²) in [6.07, 6.45) is 0.950. The van der Waals surface area contributed by atoms with Crippen molar-refractivity contribution in [3.8, 4) is 5.75 Å². The normalized spacial score (nSPS) is 10.4. The Hall–Kier alpha value is -3.08. The van der Waals surface area contributed by atoms with Gasteiger partial charge in [-0.05, 0) is 50.1 Å². The van der Waals surface area contributed by atoms with E-state index in [-0.39, 0.29) is 0 Å². The molecule has 5 heteroatoms. The molecule has 1 heterocycles. The maximum absolute atomic E-state index is 5.46. The van der Waals surface area contributed by atoms with Crippen LogP contribution in [-0.4, -0.2) is 23.1 Å². The number of benzene rings is 2. The van der Waals surface area contributed by atoms with Gasteiger partial charge in [0, 0.05) is 24.0 Å². The van der Waals surface area contributed by atoms with E-state index in [2.05, 4.69) is 44.9 Å². The van der Waals surface area contributed by atoms with Crippen molar-refractivity contribution in [1.82, 2.24) is 9.97 Å². The molecule has 0 saturated heterocycles. The van der Waals surface area contributed by atoms with Gasteiger partial charge in [0.05, 0.1) is 6.61 Å². The lowest BCUT2D eigenvalue weighted by Gasteiger charge is -2.10. The maximum Gasteiger partial charge on any atom is 0.229 e. The Labute approximate surface area is 154 Å². The SMILES string of the molecule is CCOc1ccc(Nc2nc(C)cc(NCCc3ccccc3)n2)cc1. The average molecular weight is 348 g/mol. The van der Waals surface area contributed by atoms with Crippen LogP contribution in [0.15, 0.2) is 60.7 Å². The molecule has 0 spiro atoms. The average Bonchev–Trinajstić information content (AvgIpc) is 2.64. The number of aryl methyl sites for hydroxylation is 1. The van der Waals surface area contributed by atoms with Gasteiger partial charge < -0.3 is 15.4 Å². The van der Waals surface area contributed by atoms with Gasteiger partial charge in [0.1, 0.15) is 11.6 Å². The zero-order chi connectivity index (χ0) is 18.2. The van der Waals surface area contributed by atoms with Crippen LogP contribution in [-0.2, 0) is 6.42 Å². The van der Waals surface area contributed by atoms with Crippen molar-refractivity contribution in [2.24, 2.45) is 0 Å². The van der Waals surface area contributed by atoms with E-state index in [9.17, 15) is 0 Å². The number of rotatable bonds is 8. The minimum atomic E-state index is 0.580. The summed E-state index contributed by atoms with van der Waals surface area (Å²) >= 11 is 0. The molecule has 0 atom stereocenters. The largest absolute Gasteiger partial charge is 0.494 e. The number of anilines is 3. The van der Waals surface area contributed by atoms with Crippen molar-refractivity contribution in [1.29, 1.82) is 0 Å². The topological polar surface area (TPSA) is 59.1 Å². The highest BCUT2D eigenvalue weighted by atomic mass is 16.5. The Morgan fingerprint density at radius 3 is 2.46 bits per heavy atom. The summed E-state index contributed by atoms with van der Waals surface area (Å²) in [5, 5.41) is 6.62. The summed E-state index contributed by atoms with van der Waals surface area (Å²) in [6.45, 7) is 5.42. The van der Waals surface area contributed by atoms with Crippen LogP contribution in [0.3, 0.4) is 0 Å². The molecule has 0 bridgehead atoms. The van der Waals surface area contributed by atoms with Crippen molar-refractivity contribution < 1.29 is 4.74 Å². The molecule has 0 unspecified atom stereocenters. The lowest BCUT2D eigenvalue weighted by molar-refractivity contribution is 0.340. The summed E-state index contributed by atoms with van der Waals surface area (Å²) in [4.78, 5) is 9.01. The van der Waals surface area contributed by atoms with Gasteiger partial charge in [0.25, 0.3) is 0 Å². The van der Waals surface area contributed by atoms with Crippen LogP contribution in [0.2, 0.25) is 0 Å². The summed E-state index contributed by atoms with van der Waals surface area (Å²) < 4.78 is 5.46. The summed E-state index contributed by atoms with van der Waals surface area (Å²) in [7, 11) is 0. The van der Waals surface area contributed by atoms with Crippen LogP contribution in [0, 0.1) is 6.92 Å². The van der Waals surface area contributed by atoms with Crippen LogP contribution in [0.4, 0.5) is 17.5 Å². The Morgan fingerprint density at radius 1 is 0.962 bits per heavy atom. The third-order valence-electron chi connectivity index (χ3n) is 3.84. The van der Waals surface area contributed by atoms with Gasteiger partial charge in [-0.1, -0.05) is 30.3 Å². The Kier molecular flexibility index (Phi) is 6.04. The Balaban J connectivity index is 1.61. The number of aromatic nitrogens is 2. The van der Waals surface area contributed by atoms with Crippen LogP contribution < -0.4 is 15.4 Å².